The molecule has 1 atom stereocenters. The first-order valence-electron chi connectivity index (χ1n) is 5.36. The molecule has 0 radical (unpaired) electrons. The van der Waals surface area contributed by atoms with Gasteiger partial charge in [0, 0.05) is 18.4 Å². The lowest BCUT2D eigenvalue weighted by atomic mass is 10.0. The Balaban J connectivity index is 3.84. The zero-order valence-electron chi connectivity index (χ0n) is 9.89. The summed E-state index contributed by atoms with van der Waals surface area (Å²) >= 11 is 3.54. The van der Waals surface area contributed by atoms with Gasteiger partial charge in [-0.15, -0.1) is 0 Å². The highest BCUT2D eigenvalue weighted by Gasteiger charge is 2.17. The van der Waals surface area contributed by atoms with Gasteiger partial charge < -0.3 is 10.0 Å². The summed E-state index contributed by atoms with van der Waals surface area (Å²) in [5, 5.41) is 10.7. The van der Waals surface area contributed by atoms with Gasteiger partial charge in [0.15, 0.2) is 0 Å². The average Bonchev–Trinajstić information content (AvgIpc) is 2.00. The molecule has 14 heavy (non-hydrogen) atoms. The molecular weight excluding hydrogens is 242 g/mol. The molecule has 0 spiro atoms. The topological polar surface area (TPSA) is 23.5 Å². The average molecular weight is 266 g/mol. The van der Waals surface area contributed by atoms with Crippen molar-refractivity contribution < 1.29 is 5.11 Å². The van der Waals surface area contributed by atoms with Crippen molar-refractivity contribution in [1.29, 1.82) is 0 Å². The molecule has 0 heterocycles. The van der Waals surface area contributed by atoms with E-state index in [1.165, 1.54) is 12.8 Å². The lowest BCUT2D eigenvalue weighted by Crippen LogP contribution is -2.38. The largest absolute Gasteiger partial charge is 0.389 e. The van der Waals surface area contributed by atoms with Gasteiger partial charge in [-0.1, -0.05) is 29.3 Å². The lowest BCUT2D eigenvalue weighted by molar-refractivity contribution is 0.0408. The molecule has 1 unspecified atom stereocenters. The van der Waals surface area contributed by atoms with Crippen LogP contribution in [-0.4, -0.2) is 41.1 Å². The predicted molar refractivity (Wildman–Crippen MR) is 66.0 cm³/mol. The van der Waals surface area contributed by atoms with Gasteiger partial charge in [-0.3, -0.25) is 0 Å². The summed E-state index contributed by atoms with van der Waals surface area (Å²) in [6, 6.07) is 0. The molecule has 0 fully saturated rings. The number of aliphatic hydroxyl groups is 1. The van der Waals surface area contributed by atoms with Crippen molar-refractivity contribution in [1.82, 2.24) is 4.90 Å². The van der Waals surface area contributed by atoms with Crippen molar-refractivity contribution in [2.24, 2.45) is 5.92 Å². The molecule has 1 N–H and O–H groups in total. The molecule has 0 aromatic carbocycles. The summed E-state index contributed by atoms with van der Waals surface area (Å²) in [7, 11) is 2.07. The van der Waals surface area contributed by atoms with Crippen molar-refractivity contribution >= 4 is 15.9 Å². The van der Waals surface area contributed by atoms with E-state index >= 15 is 0 Å². The van der Waals surface area contributed by atoms with Crippen LogP contribution in [0.15, 0.2) is 0 Å². The van der Waals surface area contributed by atoms with Crippen LogP contribution >= 0.6 is 15.9 Å². The molecule has 3 heteroatoms. The monoisotopic (exact) mass is 265 g/mol. The van der Waals surface area contributed by atoms with Crippen LogP contribution in [0.2, 0.25) is 0 Å². The summed E-state index contributed by atoms with van der Waals surface area (Å²) in [4.78, 5) is 2.21. The number of hydrogen-bond acceptors (Lipinski definition) is 2. The van der Waals surface area contributed by atoms with E-state index in [-0.39, 0.29) is 0 Å². The standard InChI is InChI=1S/C11H24BrNO/c1-5-6-10(7-12)8-13(4)9-11(2,3)14/h10,14H,5-9H2,1-4H3. The summed E-state index contributed by atoms with van der Waals surface area (Å²) in [5.41, 5.74) is -0.585. The Labute approximate surface area is 96.8 Å². The van der Waals surface area contributed by atoms with Crippen LogP contribution in [0, 0.1) is 5.92 Å². The van der Waals surface area contributed by atoms with E-state index < -0.39 is 5.60 Å². The van der Waals surface area contributed by atoms with Crippen LogP contribution in [0.4, 0.5) is 0 Å². The maximum Gasteiger partial charge on any atom is 0.0718 e. The number of likely N-dealkylation sites (N-methyl/N-ethyl adjacent to an activating group) is 1. The molecule has 0 aromatic heterocycles. The third-order valence-corrected chi connectivity index (χ3v) is 3.06. The van der Waals surface area contributed by atoms with E-state index in [0.717, 1.165) is 18.4 Å². The number of rotatable bonds is 7. The number of nitrogens with zero attached hydrogens (tertiary/aromatic N) is 1. The molecule has 0 aliphatic carbocycles. The normalized spacial score (nSPS) is 14.8. The molecule has 86 valence electrons. The third-order valence-electron chi connectivity index (χ3n) is 2.14. The van der Waals surface area contributed by atoms with Gasteiger partial charge >= 0.3 is 0 Å². The van der Waals surface area contributed by atoms with E-state index in [4.69, 9.17) is 0 Å². The van der Waals surface area contributed by atoms with Crippen molar-refractivity contribution in [2.75, 3.05) is 25.5 Å². The Kier molecular flexibility index (Phi) is 7.00. The van der Waals surface area contributed by atoms with Crippen LogP contribution in [0.1, 0.15) is 33.6 Å². The first kappa shape index (κ1) is 14.4. The van der Waals surface area contributed by atoms with Crippen LogP contribution < -0.4 is 0 Å². The molecule has 0 saturated carbocycles. The Morgan fingerprint density at radius 3 is 2.36 bits per heavy atom. The smallest absolute Gasteiger partial charge is 0.0718 e. The van der Waals surface area contributed by atoms with E-state index in [1.54, 1.807) is 0 Å². The maximum absolute atomic E-state index is 9.65. The first-order chi connectivity index (χ1) is 6.39. The molecule has 0 bridgehead atoms. The Morgan fingerprint density at radius 2 is 2.00 bits per heavy atom. The number of halogens is 1. The third kappa shape index (κ3) is 7.77. The Morgan fingerprint density at radius 1 is 1.43 bits per heavy atom. The highest BCUT2D eigenvalue weighted by Crippen LogP contribution is 2.12. The molecular formula is C11H24BrNO. The molecule has 0 aliphatic rings. The second-order valence-electron chi connectivity index (χ2n) is 4.82. The zero-order chi connectivity index (χ0) is 11.2. The Hall–Kier alpha value is 0.400. The summed E-state index contributed by atoms with van der Waals surface area (Å²) < 4.78 is 0. The molecule has 0 saturated heterocycles. The Bertz CT molecular complexity index is 145. The van der Waals surface area contributed by atoms with Gasteiger partial charge in [-0.2, -0.15) is 0 Å². The number of alkyl halides is 1. The van der Waals surface area contributed by atoms with E-state index in [0.29, 0.717) is 5.92 Å². The quantitative estimate of drug-likeness (QED) is 0.716. The maximum atomic E-state index is 9.65. The highest BCUT2D eigenvalue weighted by molar-refractivity contribution is 9.09. The minimum atomic E-state index is -0.585. The van der Waals surface area contributed by atoms with Crippen molar-refractivity contribution in [2.45, 2.75) is 39.2 Å². The molecule has 0 rings (SSSR count). The first-order valence-corrected chi connectivity index (χ1v) is 6.48. The van der Waals surface area contributed by atoms with Gasteiger partial charge in [-0.25, -0.2) is 0 Å². The zero-order valence-corrected chi connectivity index (χ0v) is 11.5. The molecule has 2 nitrogen and oxygen atoms in total. The molecule has 0 amide bonds. The number of hydrogen-bond donors (Lipinski definition) is 1. The SMILES string of the molecule is CCCC(CBr)CN(C)CC(C)(C)O. The van der Waals surface area contributed by atoms with Crippen LogP contribution in [-0.2, 0) is 0 Å². The summed E-state index contributed by atoms with van der Waals surface area (Å²) in [6.07, 6.45) is 2.48. The van der Waals surface area contributed by atoms with Crippen LogP contribution in [0.3, 0.4) is 0 Å². The fourth-order valence-electron chi connectivity index (χ4n) is 1.79. The molecule has 0 aromatic rings. The summed E-state index contributed by atoms with van der Waals surface area (Å²) in [6.45, 7) is 7.72. The fraction of sp³-hybridized carbons (Fsp3) is 1.00. The van der Waals surface area contributed by atoms with E-state index in [9.17, 15) is 5.11 Å². The van der Waals surface area contributed by atoms with Crippen molar-refractivity contribution in [3.8, 4) is 0 Å². The molecule has 0 aliphatic heterocycles. The van der Waals surface area contributed by atoms with Gasteiger partial charge in [-0.05, 0) is 33.2 Å². The second kappa shape index (κ2) is 6.81. The lowest BCUT2D eigenvalue weighted by Gasteiger charge is -2.28. The minimum Gasteiger partial charge on any atom is -0.389 e. The van der Waals surface area contributed by atoms with E-state index in [1.807, 2.05) is 13.8 Å². The van der Waals surface area contributed by atoms with Crippen molar-refractivity contribution in [3.63, 3.8) is 0 Å². The van der Waals surface area contributed by atoms with Gasteiger partial charge in [0.05, 0.1) is 5.60 Å². The summed E-state index contributed by atoms with van der Waals surface area (Å²) in [5.74, 6) is 0.701. The fourth-order valence-corrected chi connectivity index (χ4v) is 2.32. The minimum absolute atomic E-state index is 0.585. The van der Waals surface area contributed by atoms with Crippen LogP contribution in [0.25, 0.3) is 0 Å². The van der Waals surface area contributed by atoms with Gasteiger partial charge in [0.1, 0.15) is 0 Å². The predicted octanol–water partition coefficient (Wildman–Crippen LogP) is 2.50. The van der Waals surface area contributed by atoms with Crippen LogP contribution in [0.5, 0.6) is 0 Å². The van der Waals surface area contributed by atoms with Gasteiger partial charge in [0.2, 0.25) is 0 Å². The van der Waals surface area contributed by atoms with Gasteiger partial charge in [0.25, 0.3) is 0 Å². The van der Waals surface area contributed by atoms with Crippen molar-refractivity contribution in [3.05, 3.63) is 0 Å². The highest BCUT2D eigenvalue weighted by atomic mass is 79.9. The second-order valence-corrected chi connectivity index (χ2v) is 5.47. The van der Waals surface area contributed by atoms with E-state index in [2.05, 4.69) is 34.8 Å².